The van der Waals surface area contributed by atoms with Crippen molar-refractivity contribution >= 4 is 22.4 Å². The molecule has 158 valence electrons. The number of carbonyl (C=O) groups excluding carboxylic acids is 1. The van der Waals surface area contributed by atoms with E-state index in [1.54, 1.807) is 0 Å². The van der Waals surface area contributed by atoms with E-state index in [-0.39, 0.29) is 5.97 Å². The maximum Gasteiger partial charge on any atom is 0.340 e. The van der Waals surface area contributed by atoms with Crippen LogP contribution in [0.1, 0.15) is 52.0 Å². The van der Waals surface area contributed by atoms with E-state index in [2.05, 4.69) is 79.4 Å². The molecule has 1 unspecified atom stereocenters. The van der Waals surface area contributed by atoms with Crippen molar-refractivity contribution in [3.63, 3.8) is 0 Å². The summed E-state index contributed by atoms with van der Waals surface area (Å²) in [6, 6.07) is 27.3. The van der Waals surface area contributed by atoms with Crippen LogP contribution in [0, 0.1) is 0 Å². The highest BCUT2D eigenvalue weighted by Crippen LogP contribution is 2.54. The number of hydrogen-bond acceptors (Lipinski definition) is 3. The van der Waals surface area contributed by atoms with Crippen molar-refractivity contribution in [3.05, 3.63) is 112 Å². The molecule has 0 N–H and O–H groups in total. The summed E-state index contributed by atoms with van der Waals surface area (Å²) >= 11 is 0. The van der Waals surface area contributed by atoms with Crippen LogP contribution in [0.25, 0.3) is 10.8 Å². The van der Waals surface area contributed by atoms with Crippen molar-refractivity contribution in [2.24, 2.45) is 0 Å². The zero-order valence-electron chi connectivity index (χ0n) is 18.4. The Kier molecular flexibility index (Phi) is 4.16. The number of fused-ring (bicyclic) bond motifs is 8. The fourth-order valence-electron chi connectivity index (χ4n) is 5.68. The van der Waals surface area contributed by atoms with E-state index < -0.39 is 5.60 Å². The summed E-state index contributed by atoms with van der Waals surface area (Å²) in [7, 11) is 0. The molecule has 1 heterocycles. The second-order valence-electron chi connectivity index (χ2n) is 8.63. The summed E-state index contributed by atoms with van der Waals surface area (Å²) in [6.45, 7) is 6.28. The maximum absolute atomic E-state index is 13.1. The molecule has 3 heteroatoms. The van der Waals surface area contributed by atoms with Gasteiger partial charge in [-0.15, -0.1) is 0 Å². The second-order valence-corrected chi connectivity index (χ2v) is 8.63. The quantitative estimate of drug-likeness (QED) is 0.379. The third kappa shape index (κ3) is 2.45. The van der Waals surface area contributed by atoms with E-state index in [0.717, 1.165) is 47.0 Å². The molecule has 6 rings (SSSR count). The Balaban J connectivity index is 1.71. The Morgan fingerprint density at radius 1 is 0.844 bits per heavy atom. The molecule has 1 atom stereocenters. The Morgan fingerprint density at radius 3 is 2.47 bits per heavy atom. The Labute approximate surface area is 188 Å². The first-order valence-electron chi connectivity index (χ1n) is 11.4. The predicted octanol–water partition coefficient (Wildman–Crippen LogP) is 6.05. The first-order chi connectivity index (χ1) is 15.7. The molecule has 1 aliphatic carbocycles. The normalized spacial score (nSPS) is 18.2. The van der Waals surface area contributed by atoms with Gasteiger partial charge in [0, 0.05) is 35.5 Å². The van der Waals surface area contributed by atoms with Crippen molar-refractivity contribution in [1.82, 2.24) is 0 Å². The molecule has 0 amide bonds. The summed E-state index contributed by atoms with van der Waals surface area (Å²) in [4.78, 5) is 15.5. The molecule has 0 saturated heterocycles. The van der Waals surface area contributed by atoms with Crippen molar-refractivity contribution in [2.45, 2.75) is 25.9 Å². The van der Waals surface area contributed by atoms with Crippen LogP contribution in [0.15, 0.2) is 78.9 Å². The lowest BCUT2D eigenvalue weighted by atomic mass is 9.69. The number of esters is 1. The Morgan fingerprint density at radius 2 is 1.62 bits per heavy atom. The van der Waals surface area contributed by atoms with Gasteiger partial charge in [0.1, 0.15) is 0 Å². The summed E-state index contributed by atoms with van der Waals surface area (Å²) < 4.78 is 6.42. The van der Waals surface area contributed by atoms with Gasteiger partial charge in [-0.25, -0.2) is 4.79 Å². The number of benzene rings is 4. The molecule has 1 aliphatic heterocycles. The van der Waals surface area contributed by atoms with E-state index in [0.29, 0.717) is 5.56 Å². The van der Waals surface area contributed by atoms with E-state index >= 15 is 0 Å². The fourth-order valence-corrected chi connectivity index (χ4v) is 5.68. The molecule has 3 nitrogen and oxygen atoms in total. The van der Waals surface area contributed by atoms with Crippen molar-refractivity contribution < 1.29 is 9.53 Å². The van der Waals surface area contributed by atoms with Gasteiger partial charge in [0.25, 0.3) is 0 Å². The minimum Gasteiger partial charge on any atom is -0.441 e. The minimum atomic E-state index is -0.917. The third-order valence-electron chi connectivity index (χ3n) is 7.12. The molecule has 0 fully saturated rings. The van der Waals surface area contributed by atoms with E-state index in [4.69, 9.17) is 4.74 Å². The SMILES string of the molecule is CCN(CC)c1ccc2c(c1)Cc1ccc3ccccc3c1C21OC(=O)c2ccccc21. The van der Waals surface area contributed by atoms with Crippen LogP contribution in [-0.4, -0.2) is 19.1 Å². The second kappa shape index (κ2) is 6.96. The van der Waals surface area contributed by atoms with Crippen molar-refractivity contribution in [3.8, 4) is 0 Å². The average Bonchev–Trinajstić information content (AvgIpc) is 3.12. The molecule has 0 bridgehead atoms. The molecule has 0 aromatic heterocycles. The van der Waals surface area contributed by atoms with E-state index in [1.165, 1.54) is 16.8 Å². The van der Waals surface area contributed by atoms with Crippen LogP contribution in [0.2, 0.25) is 0 Å². The van der Waals surface area contributed by atoms with Gasteiger partial charge in [0.05, 0.1) is 5.56 Å². The average molecular weight is 420 g/mol. The van der Waals surface area contributed by atoms with Gasteiger partial charge in [-0.05, 0) is 60.4 Å². The van der Waals surface area contributed by atoms with E-state index in [1.807, 2.05) is 18.2 Å². The molecule has 1 spiro atoms. The van der Waals surface area contributed by atoms with E-state index in [9.17, 15) is 4.79 Å². The van der Waals surface area contributed by atoms with Crippen molar-refractivity contribution in [2.75, 3.05) is 18.0 Å². The number of nitrogens with zero attached hydrogens (tertiary/aromatic N) is 1. The molecule has 0 radical (unpaired) electrons. The summed E-state index contributed by atoms with van der Waals surface area (Å²) in [5, 5.41) is 2.31. The summed E-state index contributed by atoms with van der Waals surface area (Å²) in [5.41, 5.74) is 6.53. The van der Waals surface area contributed by atoms with Gasteiger partial charge in [-0.3, -0.25) is 0 Å². The molecule has 4 aromatic rings. The van der Waals surface area contributed by atoms with Crippen LogP contribution < -0.4 is 4.90 Å². The highest BCUT2D eigenvalue weighted by Gasteiger charge is 2.52. The van der Waals surface area contributed by atoms with Crippen LogP contribution in [0.4, 0.5) is 5.69 Å². The van der Waals surface area contributed by atoms with Gasteiger partial charge >= 0.3 is 5.97 Å². The Bertz CT molecular complexity index is 1390. The molecule has 4 aromatic carbocycles. The van der Waals surface area contributed by atoms with Gasteiger partial charge in [0.2, 0.25) is 0 Å². The number of anilines is 1. The monoisotopic (exact) mass is 419 g/mol. The lowest BCUT2D eigenvalue weighted by Gasteiger charge is -2.38. The molecule has 0 saturated carbocycles. The topological polar surface area (TPSA) is 29.5 Å². The highest BCUT2D eigenvalue weighted by molar-refractivity contribution is 5.99. The van der Waals surface area contributed by atoms with Crippen LogP contribution in [-0.2, 0) is 16.8 Å². The van der Waals surface area contributed by atoms with Gasteiger partial charge in [-0.2, -0.15) is 0 Å². The van der Waals surface area contributed by atoms with Crippen molar-refractivity contribution in [1.29, 1.82) is 0 Å². The van der Waals surface area contributed by atoms with Crippen LogP contribution in [0.5, 0.6) is 0 Å². The molecular formula is C29H25NO2. The summed E-state index contributed by atoms with van der Waals surface area (Å²) in [6.07, 6.45) is 0.825. The molecule has 32 heavy (non-hydrogen) atoms. The lowest BCUT2D eigenvalue weighted by molar-refractivity contribution is 0.0245. The predicted molar refractivity (Wildman–Crippen MR) is 128 cm³/mol. The maximum atomic E-state index is 13.1. The highest BCUT2D eigenvalue weighted by atomic mass is 16.6. The lowest BCUT2D eigenvalue weighted by Crippen LogP contribution is -2.35. The first kappa shape index (κ1) is 19.1. The first-order valence-corrected chi connectivity index (χ1v) is 11.4. The number of carbonyl (C=O) groups is 1. The number of ether oxygens (including phenoxy) is 1. The molecule has 2 aliphatic rings. The standard InChI is InChI=1S/C29H25NO2/c1-3-30(4-2)22-15-16-25-21(18-22)17-20-14-13-19-9-5-6-10-23(19)27(20)29(25)26-12-8-7-11-24(26)28(31)32-29/h5-16,18H,3-4,17H2,1-2H3. The zero-order chi connectivity index (χ0) is 21.9. The van der Waals surface area contributed by atoms with Crippen LogP contribution in [0.3, 0.4) is 0 Å². The Hall–Kier alpha value is -3.59. The minimum absolute atomic E-state index is 0.250. The largest absolute Gasteiger partial charge is 0.441 e. The van der Waals surface area contributed by atoms with Gasteiger partial charge < -0.3 is 9.64 Å². The zero-order valence-corrected chi connectivity index (χ0v) is 18.4. The van der Waals surface area contributed by atoms with Gasteiger partial charge in [-0.1, -0.05) is 60.7 Å². The smallest absolute Gasteiger partial charge is 0.340 e. The third-order valence-corrected chi connectivity index (χ3v) is 7.12. The fraction of sp³-hybridized carbons (Fsp3) is 0.207. The number of rotatable bonds is 3. The number of hydrogen-bond donors (Lipinski definition) is 0. The molecular weight excluding hydrogens is 394 g/mol. The van der Waals surface area contributed by atoms with Gasteiger partial charge in [0.15, 0.2) is 5.60 Å². The summed E-state index contributed by atoms with van der Waals surface area (Å²) in [5.74, 6) is -0.250. The van der Waals surface area contributed by atoms with Crippen LogP contribution >= 0.6 is 0 Å².